The van der Waals surface area contributed by atoms with Crippen LogP contribution in [0.3, 0.4) is 0 Å². The van der Waals surface area contributed by atoms with Gasteiger partial charge in [-0.25, -0.2) is 4.79 Å². The minimum absolute atomic E-state index is 0.0996. The van der Waals surface area contributed by atoms with Crippen molar-refractivity contribution in [3.8, 4) is 0 Å². The number of rotatable bonds is 2. The highest BCUT2D eigenvalue weighted by Gasteiger charge is 2.33. The summed E-state index contributed by atoms with van der Waals surface area (Å²) in [6.07, 6.45) is -1.83. The molecule has 1 N–H and O–H groups in total. The molecular formula is C11H10BrNO4. The summed E-state index contributed by atoms with van der Waals surface area (Å²) in [5, 5.41) is 8.50. The zero-order valence-corrected chi connectivity index (χ0v) is 10.4. The van der Waals surface area contributed by atoms with Crippen LogP contribution in [0, 0.1) is 0 Å². The molecule has 0 aliphatic carbocycles. The van der Waals surface area contributed by atoms with Crippen molar-refractivity contribution >= 4 is 33.7 Å². The summed E-state index contributed by atoms with van der Waals surface area (Å²) >= 11 is 3.31. The third-order valence-corrected chi connectivity index (χ3v) is 3.02. The molecule has 1 aromatic rings. The molecule has 1 heterocycles. The van der Waals surface area contributed by atoms with Gasteiger partial charge in [0.2, 0.25) is 5.91 Å². The van der Waals surface area contributed by atoms with E-state index in [2.05, 4.69) is 20.7 Å². The second-order valence-electron chi connectivity index (χ2n) is 3.69. The van der Waals surface area contributed by atoms with Crippen LogP contribution in [0.5, 0.6) is 0 Å². The summed E-state index contributed by atoms with van der Waals surface area (Å²) in [4.78, 5) is 23.6. The van der Waals surface area contributed by atoms with Crippen LogP contribution in [-0.4, -0.2) is 29.8 Å². The Morgan fingerprint density at radius 1 is 1.41 bits per heavy atom. The van der Waals surface area contributed by atoms with Gasteiger partial charge in [-0.2, -0.15) is 0 Å². The first kappa shape index (κ1) is 11.9. The highest BCUT2D eigenvalue weighted by molar-refractivity contribution is 9.10. The van der Waals surface area contributed by atoms with Gasteiger partial charge in [-0.05, 0) is 24.3 Å². The molecule has 1 amide bonds. The fraction of sp³-hybridized carbons (Fsp3) is 0.273. The van der Waals surface area contributed by atoms with Crippen molar-refractivity contribution in [3.63, 3.8) is 0 Å². The number of carboxylic acid groups (broad SMARTS) is 1. The zero-order valence-electron chi connectivity index (χ0n) is 8.80. The first-order valence-electron chi connectivity index (χ1n) is 5.02. The van der Waals surface area contributed by atoms with E-state index in [1.165, 1.54) is 4.90 Å². The molecule has 1 aliphatic rings. The van der Waals surface area contributed by atoms with Gasteiger partial charge in [0.15, 0.2) is 0 Å². The molecule has 1 atom stereocenters. The van der Waals surface area contributed by atoms with E-state index in [4.69, 9.17) is 5.11 Å². The number of nitrogens with zero attached hydrogens (tertiary/aromatic N) is 1. The quantitative estimate of drug-likeness (QED) is 0.851. The highest BCUT2D eigenvalue weighted by Crippen LogP contribution is 2.24. The SMILES string of the molecule is O=C(O)OC1CC(=O)N(c2ccc(Br)cc2)C1. The fourth-order valence-corrected chi connectivity index (χ4v) is 2.03. The summed E-state index contributed by atoms with van der Waals surface area (Å²) in [5.74, 6) is -0.126. The average molecular weight is 300 g/mol. The minimum Gasteiger partial charge on any atom is -0.450 e. The number of hydrogen-bond donors (Lipinski definition) is 1. The topological polar surface area (TPSA) is 66.8 Å². The lowest BCUT2D eigenvalue weighted by Crippen LogP contribution is -2.26. The second-order valence-corrected chi connectivity index (χ2v) is 4.61. The maximum absolute atomic E-state index is 11.7. The fourth-order valence-electron chi connectivity index (χ4n) is 1.77. The molecule has 1 unspecified atom stereocenters. The third-order valence-electron chi connectivity index (χ3n) is 2.50. The van der Waals surface area contributed by atoms with Gasteiger partial charge >= 0.3 is 6.16 Å². The van der Waals surface area contributed by atoms with Crippen LogP contribution < -0.4 is 4.90 Å². The summed E-state index contributed by atoms with van der Waals surface area (Å²) in [7, 11) is 0. The molecule has 1 fully saturated rings. The van der Waals surface area contributed by atoms with Crippen molar-refractivity contribution in [2.24, 2.45) is 0 Å². The van der Waals surface area contributed by atoms with E-state index in [0.717, 1.165) is 10.2 Å². The maximum Gasteiger partial charge on any atom is 0.506 e. The predicted molar refractivity (Wildman–Crippen MR) is 64.0 cm³/mol. The van der Waals surface area contributed by atoms with Gasteiger partial charge < -0.3 is 14.7 Å². The molecule has 0 saturated carbocycles. The number of ether oxygens (including phenoxy) is 1. The van der Waals surface area contributed by atoms with Gasteiger partial charge in [-0.3, -0.25) is 4.79 Å². The molecule has 2 rings (SSSR count). The van der Waals surface area contributed by atoms with Crippen LogP contribution in [0.25, 0.3) is 0 Å². The van der Waals surface area contributed by atoms with Crippen LogP contribution in [0.2, 0.25) is 0 Å². The van der Waals surface area contributed by atoms with Gasteiger partial charge in [0, 0.05) is 10.2 Å². The van der Waals surface area contributed by atoms with Crippen molar-refractivity contribution in [1.29, 1.82) is 0 Å². The number of hydrogen-bond acceptors (Lipinski definition) is 3. The first-order valence-corrected chi connectivity index (χ1v) is 5.81. The molecule has 0 radical (unpaired) electrons. The van der Waals surface area contributed by atoms with Gasteiger partial charge in [0.05, 0.1) is 13.0 Å². The molecule has 1 saturated heterocycles. The summed E-state index contributed by atoms with van der Waals surface area (Å²) < 4.78 is 5.52. The van der Waals surface area contributed by atoms with Crippen molar-refractivity contribution in [1.82, 2.24) is 0 Å². The average Bonchev–Trinajstić information content (AvgIpc) is 2.59. The van der Waals surface area contributed by atoms with Crippen LogP contribution in [0.1, 0.15) is 6.42 Å². The van der Waals surface area contributed by atoms with Crippen LogP contribution in [0.4, 0.5) is 10.5 Å². The minimum atomic E-state index is -1.35. The first-order chi connectivity index (χ1) is 8.06. The van der Waals surface area contributed by atoms with E-state index in [-0.39, 0.29) is 18.9 Å². The highest BCUT2D eigenvalue weighted by atomic mass is 79.9. The number of amides is 1. The summed E-state index contributed by atoms with van der Waals surface area (Å²) in [6, 6.07) is 7.25. The Kier molecular flexibility index (Phi) is 3.33. The monoisotopic (exact) mass is 299 g/mol. The Hall–Kier alpha value is -1.56. The van der Waals surface area contributed by atoms with Gasteiger partial charge in [0.1, 0.15) is 6.10 Å². The standard InChI is InChI=1S/C11H10BrNO4/c12-7-1-3-8(4-2-7)13-6-9(5-10(13)14)17-11(15)16/h1-4,9H,5-6H2,(H,15,16). The lowest BCUT2D eigenvalue weighted by atomic mass is 10.3. The van der Waals surface area contributed by atoms with E-state index >= 15 is 0 Å². The van der Waals surface area contributed by atoms with Crippen LogP contribution in [-0.2, 0) is 9.53 Å². The number of benzene rings is 1. The predicted octanol–water partition coefficient (Wildman–Crippen LogP) is 2.25. The Bertz CT molecular complexity index is 445. The molecule has 0 aromatic heterocycles. The molecule has 1 aliphatic heterocycles. The largest absolute Gasteiger partial charge is 0.506 e. The lowest BCUT2D eigenvalue weighted by molar-refractivity contribution is -0.117. The van der Waals surface area contributed by atoms with Crippen molar-refractivity contribution in [2.45, 2.75) is 12.5 Å². The molecule has 6 heteroatoms. The molecule has 0 bridgehead atoms. The van der Waals surface area contributed by atoms with Crippen molar-refractivity contribution < 1.29 is 19.4 Å². The van der Waals surface area contributed by atoms with Crippen molar-refractivity contribution in [3.05, 3.63) is 28.7 Å². The second kappa shape index (κ2) is 4.75. The number of halogens is 1. The Morgan fingerprint density at radius 3 is 2.65 bits per heavy atom. The van der Waals surface area contributed by atoms with Gasteiger partial charge in [0.25, 0.3) is 0 Å². The Balaban J connectivity index is 2.10. The molecule has 90 valence electrons. The third kappa shape index (κ3) is 2.76. The van der Waals surface area contributed by atoms with Gasteiger partial charge in [-0.15, -0.1) is 0 Å². The van der Waals surface area contributed by atoms with Crippen molar-refractivity contribution in [2.75, 3.05) is 11.4 Å². The number of carbonyl (C=O) groups is 2. The molecule has 5 nitrogen and oxygen atoms in total. The summed E-state index contributed by atoms with van der Waals surface area (Å²) in [6.45, 7) is 0.271. The van der Waals surface area contributed by atoms with E-state index in [9.17, 15) is 9.59 Å². The summed E-state index contributed by atoms with van der Waals surface area (Å²) in [5.41, 5.74) is 0.745. The lowest BCUT2D eigenvalue weighted by Gasteiger charge is -2.16. The Morgan fingerprint density at radius 2 is 2.06 bits per heavy atom. The van der Waals surface area contributed by atoms with Gasteiger partial charge in [-0.1, -0.05) is 15.9 Å². The molecule has 17 heavy (non-hydrogen) atoms. The van der Waals surface area contributed by atoms with Crippen LogP contribution >= 0.6 is 15.9 Å². The van der Waals surface area contributed by atoms with Crippen LogP contribution in [0.15, 0.2) is 28.7 Å². The Labute approximate surface area is 106 Å². The zero-order chi connectivity index (χ0) is 12.4. The number of anilines is 1. The van der Waals surface area contributed by atoms with E-state index < -0.39 is 12.3 Å². The number of carbonyl (C=O) groups excluding carboxylic acids is 1. The van der Waals surface area contributed by atoms with E-state index in [1.54, 1.807) is 12.1 Å². The van der Waals surface area contributed by atoms with E-state index in [1.807, 2.05) is 12.1 Å². The van der Waals surface area contributed by atoms with E-state index in [0.29, 0.717) is 0 Å². The maximum atomic E-state index is 11.7. The smallest absolute Gasteiger partial charge is 0.450 e. The molecular weight excluding hydrogens is 290 g/mol. The molecule has 1 aromatic carbocycles. The normalized spacial score (nSPS) is 19.5. The molecule has 0 spiro atoms.